The van der Waals surface area contributed by atoms with E-state index in [2.05, 4.69) is 13.8 Å². The van der Waals surface area contributed by atoms with E-state index in [1.807, 2.05) is 0 Å². The molecular weight excluding hydrogens is 126 g/mol. The molecule has 2 heteroatoms. The highest BCUT2D eigenvalue weighted by Gasteiger charge is 2.09. The lowest BCUT2D eigenvalue weighted by atomic mass is 9.96. The van der Waals surface area contributed by atoms with Crippen molar-refractivity contribution in [2.75, 3.05) is 6.61 Å². The highest BCUT2D eigenvalue weighted by atomic mass is 16.3. The molecule has 0 spiro atoms. The first kappa shape index (κ1) is 9.92. The molecule has 0 aliphatic rings. The summed E-state index contributed by atoms with van der Waals surface area (Å²) < 4.78 is 0. The zero-order chi connectivity index (χ0) is 7.98. The number of aliphatic hydroxyl groups is 1. The number of nitrogens with two attached hydrogens (primary N) is 1. The molecule has 0 saturated carbocycles. The quantitative estimate of drug-likeness (QED) is 0.609. The second kappa shape index (κ2) is 5.69. The Balaban J connectivity index is 3.38. The molecule has 0 saturated heterocycles. The Morgan fingerprint density at radius 3 is 2.40 bits per heavy atom. The number of rotatable bonds is 5. The largest absolute Gasteiger partial charge is 0.396 e. The van der Waals surface area contributed by atoms with E-state index in [4.69, 9.17) is 10.8 Å². The Hall–Kier alpha value is -0.0800. The van der Waals surface area contributed by atoms with E-state index in [-0.39, 0.29) is 12.6 Å². The summed E-state index contributed by atoms with van der Waals surface area (Å²) in [4.78, 5) is 0. The predicted molar refractivity (Wildman–Crippen MR) is 43.8 cm³/mol. The van der Waals surface area contributed by atoms with E-state index in [0.29, 0.717) is 5.92 Å². The zero-order valence-corrected chi connectivity index (χ0v) is 7.01. The first-order valence-corrected chi connectivity index (χ1v) is 4.08. The molecule has 2 atom stereocenters. The average Bonchev–Trinajstić information content (AvgIpc) is 1.89. The predicted octanol–water partition coefficient (Wildman–Crippen LogP) is 1.13. The van der Waals surface area contributed by atoms with Crippen LogP contribution in [-0.2, 0) is 0 Å². The third-order valence-electron chi connectivity index (χ3n) is 1.94. The summed E-state index contributed by atoms with van der Waals surface area (Å²) >= 11 is 0. The van der Waals surface area contributed by atoms with Crippen molar-refractivity contribution in [3.63, 3.8) is 0 Å². The molecule has 0 heterocycles. The van der Waals surface area contributed by atoms with Gasteiger partial charge in [-0.05, 0) is 18.8 Å². The van der Waals surface area contributed by atoms with E-state index < -0.39 is 0 Å². The molecule has 3 N–H and O–H groups in total. The van der Waals surface area contributed by atoms with Crippen LogP contribution in [0.3, 0.4) is 0 Å². The fourth-order valence-electron chi connectivity index (χ4n) is 1.10. The Kier molecular flexibility index (Phi) is 5.64. The Morgan fingerprint density at radius 2 is 2.00 bits per heavy atom. The first-order valence-electron chi connectivity index (χ1n) is 4.08. The fourth-order valence-corrected chi connectivity index (χ4v) is 1.10. The number of hydrogen-bond donors (Lipinski definition) is 2. The van der Waals surface area contributed by atoms with E-state index >= 15 is 0 Å². The molecule has 0 rings (SSSR count). The highest BCUT2D eigenvalue weighted by Crippen LogP contribution is 2.10. The van der Waals surface area contributed by atoms with Gasteiger partial charge in [0.2, 0.25) is 0 Å². The fraction of sp³-hybridized carbons (Fsp3) is 1.00. The van der Waals surface area contributed by atoms with Gasteiger partial charge in [0.05, 0.1) is 0 Å². The highest BCUT2D eigenvalue weighted by molar-refractivity contribution is 4.67. The van der Waals surface area contributed by atoms with E-state index in [0.717, 1.165) is 6.42 Å². The Labute approximate surface area is 63.4 Å². The molecule has 62 valence electrons. The second-order valence-corrected chi connectivity index (χ2v) is 2.94. The van der Waals surface area contributed by atoms with Gasteiger partial charge in [0, 0.05) is 12.6 Å². The van der Waals surface area contributed by atoms with Gasteiger partial charge in [0.25, 0.3) is 0 Å². The molecule has 10 heavy (non-hydrogen) atoms. The van der Waals surface area contributed by atoms with Gasteiger partial charge in [-0.1, -0.05) is 20.3 Å². The molecule has 0 aliphatic heterocycles. The SMILES string of the molecule is CCCC(C)[C@H](N)CCO. The van der Waals surface area contributed by atoms with Crippen LogP contribution in [0.2, 0.25) is 0 Å². The Morgan fingerprint density at radius 1 is 1.40 bits per heavy atom. The lowest BCUT2D eigenvalue weighted by Gasteiger charge is -2.17. The van der Waals surface area contributed by atoms with Crippen LogP contribution in [0.4, 0.5) is 0 Å². The van der Waals surface area contributed by atoms with Crippen LogP contribution in [0.25, 0.3) is 0 Å². The molecule has 0 aliphatic carbocycles. The average molecular weight is 145 g/mol. The van der Waals surface area contributed by atoms with Gasteiger partial charge in [-0.15, -0.1) is 0 Å². The summed E-state index contributed by atoms with van der Waals surface area (Å²) in [5.41, 5.74) is 5.75. The monoisotopic (exact) mass is 145 g/mol. The van der Waals surface area contributed by atoms with Crippen molar-refractivity contribution < 1.29 is 5.11 Å². The molecular formula is C8H19NO. The third kappa shape index (κ3) is 3.85. The maximum absolute atomic E-state index is 8.57. The smallest absolute Gasteiger partial charge is 0.0445 e. The molecule has 0 aromatic carbocycles. The minimum atomic E-state index is 0.185. The van der Waals surface area contributed by atoms with Crippen molar-refractivity contribution in [3.05, 3.63) is 0 Å². The van der Waals surface area contributed by atoms with Crippen LogP contribution in [0.1, 0.15) is 33.1 Å². The number of aliphatic hydroxyl groups excluding tert-OH is 1. The van der Waals surface area contributed by atoms with Gasteiger partial charge in [-0.2, -0.15) is 0 Å². The second-order valence-electron chi connectivity index (χ2n) is 2.94. The third-order valence-corrected chi connectivity index (χ3v) is 1.94. The maximum Gasteiger partial charge on any atom is 0.0445 e. The lowest BCUT2D eigenvalue weighted by molar-refractivity contribution is 0.255. The standard InChI is InChI=1S/C8H19NO/c1-3-4-7(2)8(9)5-6-10/h7-8,10H,3-6,9H2,1-2H3/t7?,8-/m1/s1. The van der Waals surface area contributed by atoms with Crippen molar-refractivity contribution in [1.29, 1.82) is 0 Å². The van der Waals surface area contributed by atoms with Crippen molar-refractivity contribution in [2.24, 2.45) is 11.7 Å². The van der Waals surface area contributed by atoms with Gasteiger partial charge in [0.15, 0.2) is 0 Å². The maximum atomic E-state index is 8.57. The minimum Gasteiger partial charge on any atom is -0.396 e. The normalized spacial score (nSPS) is 16.8. The molecule has 0 amide bonds. The lowest BCUT2D eigenvalue weighted by Crippen LogP contribution is -2.29. The van der Waals surface area contributed by atoms with Gasteiger partial charge in [0.1, 0.15) is 0 Å². The van der Waals surface area contributed by atoms with Gasteiger partial charge in [-0.25, -0.2) is 0 Å². The van der Waals surface area contributed by atoms with Crippen molar-refractivity contribution in [3.8, 4) is 0 Å². The summed E-state index contributed by atoms with van der Waals surface area (Å²) in [6, 6.07) is 0.185. The Bertz CT molecular complexity index is 65.7. The molecule has 0 bridgehead atoms. The first-order chi connectivity index (χ1) is 4.72. The zero-order valence-electron chi connectivity index (χ0n) is 7.01. The van der Waals surface area contributed by atoms with E-state index in [1.165, 1.54) is 12.8 Å². The minimum absolute atomic E-state index is 0.185. The van der Waals surface area contributed by atoms with Crippen LogP contribution in [-0.4, -0.2) is 17.8 Å². The summed E-state index contributed by atoms with van der Waals surface area (Å²) in [5, 5.41) is 8.57. The van der Waals surface area contributed by atoms with Crippen molar-refractivity contribution >= 4 is 0 Å². The molecule has 0 aromatic rings. The van der Waals surface area contributed by atoms with Crippen LogP contribution in [0.5, 0.6) is 0 Å². The van der Waals surface area contributed by atoms with Gasteiger partial charge in [-0.3, -0.25) is 0 Å². The van der Waals surface area contributed by atoms with Crippen LogP contribution in [0.15, 0.2) is 0 Å². The van der Waals surface area contributed by atoms with Gasteiger partial charge >= 0.3 is 0 Å². The summed E-state index contributed by atoms with van der Waals surface area (Å²) in [6.07, 6.45) is 3.09. The summed E-state index contributed by atoms with van der Waals surface area (Å²) in [7, 11) is 0. The number of hydrogen-bond acceptors (Lipinski definition) is 2. The van der Waals surface area contributed by atoms with E-state index in [9.17, 15) is 0 Å². The van der Waals surface area contributed by atoms with Crippen molar-refractivity contribution in [2.45, 2.75) is 39.2 Å². The van der Waals surface area contributed by atoms with Crippen molar-refractivity contribution in [1.82, 2.24) is 0 Å². The molecule has 2 nitrogen and oxygen atoms in total. The van der Waals surface area contributed by atoms with E-state index in [1.54, 1.807) is 0 Å². The van der Waals surface area contributed by atoms with Gasteiger partial charge < -0.3 is 10.8 Å². The van der Waals surface area contributed by atoms with Crippen LogP contribution in [0, 0.1) is 5.92 Å². The molecule has 0 aromatic heterocycles. The molecule has 1 unspecified atom stereocenters. The van der Waals surface area contributed by atoms with Crippen LogP contribution < -0.4 is 5.73 Å². The summed E-state index contributed by atoms with van der Waals surface area (Å²) in [5.74, 6) is 0.553. The molecule has 0 radical (unpaired) electrons. The van der Waals surface area contributed by atoms with Crippen LogP contribution >= 0.6 is 0 Å². The topological polar surface area (TPSA) is 46.2 Å². The molecule has 0 fully saturated rings. The summed E-state index contributed by atoms with van der Waals surface area (Å²) in [6.45, 7) is 4.52.